The van der Waals surface area contributed by atoms with E-state index in [9.17, 15) is 0 Å². The Labute approximate surface area is 121 Å². The molecule has 1 aromatic carbocycles. The smallest absolute Gasteiger partial charge is 0.123 e. The third-order valence-electron chi connectivity index (χ3n) is 3.97. The summed E-state index contributed by atoms with van der Waals surface area (Å²) in [4.78, 5) is 2.46. The van der Waals surface area contributed by atoms with Crippen molar-refractivity contribution in [3.63, 3.8) is 0 Å². The molecule has 2 rings (SSSR count). The van der Waals surface area contributed by atoms with Gasteiger partial charge < -0.3 is 15.2 Å². The number of ether oxygens (including phenoxy) is 1. The van der Waals surface area contributed by atoms with Crippen molar-refractivity contribution in [3.8, 4) is 5.75 Å². The number of aliphatic hydroxyl groups excluding tert-OH is 1. The second kappa shape index (κ2) is 7.62. The molecule has 112 valence electrons. The molecule has 0 saturated heterocycles. The molecular formula is C16H26N2O2. The fourth-order valence-electron chi connectivity index (χ4n) is 2.72. The molecule has 0 atom stereocenters. The van der Waals surface area contributed by atoms with Gasteiger partial charge in [-0.15, -0.1) is 0 Å². The Morgan fingerprint density at radius 3 is 2.90 bits per heavy atom. The summed E-state index contributed by atoms with van der Waals surface area (Å²) in [5.41, 5.74) is 4.07. The first-order valence-electron chi connectivity index (χ1n) is 7.51. The van der Waals surface area contributed by atoms with Crippen LogP contribution in [-0.4, -0.2) is 43.4 Å². The Hall–Kier alpha value is -1.10. The van der Waals surface area contributed by atoms with Crippen LogP contribution in [0.5, 0.6) is 5.75 Å². The fraction of sp³-hybridized carbons (Fsp3) is 0.625. The number of fused-ring (bicyclic) bond motifs is 1. The van der Waals surface area contributed by atoms with E-state index in [2.05, 4.69) is 29.3 Å². The lowest BCUT2D eigenvalue weighted by Gasteiger charge is -2.28. The summed E-state index contributed by atoms with van der Waals surface area (Å²) < 4.78 is 5.53. The maximum Gasteiger partial charge on any atom is 0.123 e. The number of rotatable bonds is 7. The Morgan fingerprint density at radius 2 is 2.20 bits per heavy atom. The average Bonchev–Trinajstić information content (AvgIpc) is 2.50. The zero-order valence-electron chi connectivity index (χ0n) is 12.6. The second-order valence-electron chi connectivity index (χ2n) is 5.31. The minimum Gasteiger partial charge on any atom is -0.496 e. The van der Waals surface area contributed by atoms with E-state index in [0.29, 0.717) is 0 Å². The highest BCUT2D eigenvalue weighted by molar-refractivity contribution is 5.43. The Balaban J connectivity index is 2.09. The van der Waals surface area contributed by atoms with Crippen molar-refractivity contribution >= 4 is 0 Å². The first-order valence-corrected chi connectivity index (χ1v) is 7.51. The van der Waals surface area contributed by atoms with Crippen molar-refractivity contribution < 1.29 is 9.84 Å². The monoisotopic (exact) mass is 278 g/mol. The molecule has 0 bridgehead atoms. The number of hydrogen-bond donors (Lipinski definition) is 2. The summed E-state index contributed by atoms with van der Waals surface area (Å²) >= 11 is 0. The summed E-state index contributed by atoms with van der Waals surface area (Å²) in [6, 6.07) is 4.48. The van der Waals surface area contributed by atoms with E-state index in [1.165, 1.54) is 16.7 Å². The lowest BCUT2D eigenvalue weighted by atomic mass is 9.96. The molecule has 1 heterocycles. The van der Waals surface area contributed by atoms with Gasteiger partial charge in [0.05, 0.1) is 7.11 Å². The van der Waals surface area contributed by atoms with Crippen molar-refractivity contribution in [3.05, 3.63) is 28.8 Å². The minimum atomic E-state index is 0.237. The second-order valence-corrected chi connectivity index (χ2v) is 5.31. The molecule has 0 saturated carbocycles. The van der Waals surface area contributed by atoms with Crippen LogP contribution < -0.4 is 10.1 Å². The molecule has 1 aromatic rings. The third-order valence-corrected chi connectivity index (χ3v) is 3.97. The summed E-state index contributed by atoms with van der Waals surface area (Å²) in [5.74, 6) is 0.971. The van der Waals surface area contributed by atoms with Crippen LogP contribution in [0.15, 0.2) is 12.1 Å². The molecule has 20 heavy (non-hydrogen) atoms. The van der Waals surface area contributed by atoms with Gasteiger partial charge in [-0.2, -0.15) is 0 Å². The SMILES string of the molecule is CCN1CCc2cc(CNCCCO)c(OC)cc2C1. The molecule has 4 nitrogen and oxygen atoms in total. The topological polar surface area (TPSA) is 44.7 Å². The van der Waals surface area contributed by atoms with Crippen LogP contribution in [0.1, 0.15) is 30.0 Å². The fourth-order valence-corrected chi connectivity index (χ4v) is 2.72. The summed E-state index contributed by atoms with van der Waals surface area (Å²) in [5, 5.41) is 12.2. The molecule has 0 radical (unpaired) electrons. The number of nitrogens with zero attached hydrogens (tertiary/aromatic N) is 1. The number of nitrogens with one attached hydrogen (secondary N) is 1. The first-order chi connectivity index (χ1) is 9.78. The highest BCUT2D eigenvalue weighted by Gasteiger charge is 2.17. The molecular weight excluding hydrogens is 252 g/mol. The van der Waals surface area contributed by atoms with Gasteiger partial charge in [0.2, 0.25) is 0 Å². The molecule has 0 aliphatic carbocycles. The normalized spacial score (nSPS) is 15.2. The zero-order chi connectivity index (χ0) is 14.4. The Kier molecular flexibility index (Phi) is 5.83. The molecule has 0 aromatic heterocycles. The van der Waals surface area contributed by atoms with Gasteiger partial charge in [-0.1, -0.05) is 13.0 Å². The maximum atomic E-state index is 8.80. The first kappa shape index (κ1) is 15.3. The molecule has 0 fully saturated rings. The predicted octanol–water partition coefficient (Wildman–Crippen LogP) is 1.55. The van der Waals surface area contributed by atoms with Crippen LogP contribution in [0.2, 0.25) is 0 Å². The van der Waals surface area contributed by atoms with Crippen molar-refractivity contribution in [1.82, 2.24) is 10.2 Å². The van der Waals surface area contributed by atoms with Crippen LogP contribution in [0.25, 0.3) is 0 Å². The molecule has 1 aliphatic heterocycles. The Bertz CT molecular complexity index is 435. The van der Waals surface area contributed by atoms with Gasteiger partial charge in [-0.25, -0.2) is 0 Å². The van der Waals surface area contributed by atoms with E-state index in [-0.39, 0.29) is 6.61 Å². The molecule has 2 N–H and O–H groups in total. The van der Waals surface area contributed by atoms with Crippen LogP contribution in [0, 0.1) is 0 Å². The van der Waals surface area contributed by atoms with Crippen LogP contribution in [0.4, 0.5) is 0 Å². The lowest BCUT2D eigenvalue weighted by molar-refractivity contribution is 0.267. The molecule has 1 aliphatic rings. The van der Waals surface area contributed by atoms with Gasteiger partial charge in [-0.05, 0) is 43.1 Å². The largest absolute Gasteiger partial charge is 0.496 e. The van der Waals surface area contributed by atoms with Crippen molar-refractivity contribution in [2.45, 2.75) is 32.9 Å². The van der Waals surface area contributed by atoms with E-state index in [1.54, 1.807) is 7.11 Å². The van der Waals surface area contributed by atoms with Crippen LogP contribution >= 0.6 is 0 Å². The van der Waals surface area contributed by atoms with E-state index >= 15 is 0 Å². The summed E-state index contributed by atoms with van der Waals surface area (Å²) in [6.45, 7) is 7.36. The quantitative estimate of drug-likeness (QED) is 0.743. The third kappa shape index (κ3) is 3.72. The number of aliphatic hydroxyl groups is 1. The zero-order valence-corrected chi connectivity index (χ0v) is 12.6. The highest BCUT2D eigenvalue weighted by atomic mass is 16.5. The van der Waals surface area contributed by atoms with Crippen LogP contribution in [0.3, 0.4) is 0 Å². The van der Waals surface area contributed by atoms with E-state index in [0.717, 1.165) is 51.3 Å². The van der Waals surface area contributed by atoms with Gasteiger partial charge in [0.1, 0.15) is 5.75 Å². The number of benzene rings is 1. The van der Waals surface area contributed by atoms with Gasteiger partial charge >= 0.3 is 0 Å². The highest BCUT2D eigenvalue weighted by Crippen LogP contribution is 2.27. The standard InChI is InChI=1S/C16H26N2O2/c1-3-18-7-5-13-9-14(11-17-6-4-8-19)16(20-2)10-15(13)12-18/h9-10,17,19H,3-8,11-12H2,1-2H3. The van der Waals surface area contributed by atoms with Crippen LogP contribution in [-0.2, 0) is 19.5 Å². The molecule has 0 amide bonds. The van der Waals surface area contributed by atoms with Gasteiger partial charge in [-0.3, -0.25) is 4.90 Å². The van der Waals surface area contributed by atoms with Gasteiger partial charge in [0.15, 0.2) is 0 Å². The van der Waals surface area contributed by atoms with Crippen molar-refractivity contribution in [2.24, 2.45) is 0 Å². The molecule has 4 heteroatoms. The van der Waals surface area contributed by atoms with Gasteiger partial charge in [0, 0.05) is 31.8 Å². The average molecular weight is 278 g/mol. The summed E-state index contributed by atoms with van der Waals surface area (Å²) in [7, 11) is 1.74. The molecule has 0 spiro atoms. The number of methoxy groups -OCH3 is 1. The lowest BCUT2D eigenvalue weighted by Crippen LogP contribution is -2.30. The predicted molar refractivity (Wildman–Crippen MR) is 81.1 cm³/mol. The maximum absolute atomic E-state index is 8.80. The summed E-state index contributed by atoms with van der Waals surface area (Å²) in [6.07, 6.45) is 1.91. The van der Waals surface area contributed by atoms with Crippen molar-refractivity contribution in [2.75, 3.05) is 33.4 Å². The Morgan fingerprint density at radius 1 is 1.35 bits per heavy atom. The van der Waals surface area contributed by atoms with Crippen molar-refractivity contribution in [1.29, 1.82) is 0 Å². The minimum absolute atomic E-state index is 0.237. The number of hydrogen-bond acceptors (Lipinski definition) is 4. The van der Waals surface area contributed by atoms with Gasteiger partial charge in [0.25, 0.3) is 0 Å². The number of likely N-dealkylation sites (N-methyl/N-ethyl adjacent to an activating group) is 1. The van der Waals surface area contributed by atoms with E-state index in [1.807, 2.05) is 0 Å². The van der Waals surface area contributed by atoms with E-state index < -0.39 is 0 Å². The molecule has 0 unspecified atom stereocenters. The van der Waals surface area contributed by atoms with E-state index in [4.69, 9.17) is 9.84 Å².